The molecule has 0 spiro atoms. The fraction of sp³-hybridized carbons (Fsp3) is 0.455. The molecule has 0 unspecified atom stereocenters. The number of hydrogen-bond acceptors (Lipinski definition) is 3. The molecule has 76 valence electrons. The van der Waals surface area contributed by atoms with Crippen LogP contribution in [0.25, 0.3) is 0 Å². The Balaban J connectivity index is 2.20. The Morgan fingerprint density at radius 3 is 3.00 bits per heavy atom. The molecule has 1 aromatic carbocycles. The van der Waals surface area contributed by atoms with Gasteiger partial charge in [-0.1, -0.05) is 18.2 Å². The molecule has 1 aliphatic rings. The molecule has 0 aliphatic carbocycles. The molecule has 1 aliphatic heterocycles. The molecular formula is C11H15NO2. The van der Waals surface area contributed by atoms with Crippen LogP contribution in [0, 0.1) is 0 Å². The van der Waals surface area contributed by atoms with Crippen molar-refractivity contribution in [3.63, 3.8) is 0 Å². The van der Waals surface area contributed by atoms with Gasteiger partial charge in [-0.2, -0.15) is 0 Å². The monoisotopic (exact) mass is 193 g/mol. The Morgan fingerprint density at radius 1 is 1.43 bits per heavy atom. The average Bonchev–Trinajstić information content (AvgIpc) is 2.30. The summed E-state index contributed by atoms with van der Waals surface area (Å²) >= 11 is 0. The van der Waals surface area contributed by atoms with E-state index in [1.807, 2.05) is 18.2 Å². The lowest BCUT2D eigenvalue weighted by Crippen LogP contribution is -2.34. The highest BCUT2D eigenvalue weighted by Gasteiger charge is 2.17. The Labute approximate surface area is 84.0 Å². The Bertz CT molecular complexity index is 295. The van der Waals surface area contributed by atoms with E-state index in [2.05, 4.69) is 11.4 Å². The number of methoxy groups -OCH3 is 1. The van der Waals surface area contributed by atoms with Crippen LogP contribution < -0.4 is 10.1 Å². The van der Waals surface area contributed by atoms with E-state index < -0.39 is 0 Å². The second-order valence-corrected chi connectivity index (χ2v) is 3.32. The maximum absolute atomic E-state index is 5.42. The lowest BCUT2D eigenvalue weighted by Gasteiger charge is -2.25. The van der Waals surface area contributed by atoms with Crippen LogP contribution in [0.1, 0.15) is 11.6 Å². The summed E-state index contributed by atoms with van der Waals surface area (Å²) in [4.78, 5) is 0. The lowest BCUT2D eigenvalue weighted by molar-refractivity contribution is 0.0760. The zero-order chi connectivity index (χ0) is 9.80. The summed E-state index contributed by atoms with van der Waals surface area (Å²) in [6, 6.07) is 8.32. The summed E-state index contributed by atoms with van der Waals surface area (Å²) < 4.78 is 10.7. The van der Waals surface area contributed by atoms with Crippen molar-refractivity contribution in [1.82, 2.24) is 5.32 Å². The van der Waals surface area contributed by atoms with Crippen LogP contribution in [0.4, 0.5) is 0 Å². The molecule has 0 aromatic heterocycles. The first kappa shape index (κ1) is 9.49. The molecule has 1 saturated heterocycles. The minimum absolute atomic E-state index is 0.264. The van der Waals surface area contributed by atoms with Gasteiger partial charge in [-0.25, -0.2) is 0 Å². The summed E-state index contributed by atoms with van der Waals surface area (Å²) in [6.45, 7) is 2.43. The first-order valence-electron chi connectivity index (χ1n) is 4.86. The molecular weight excluding hydrogens is 178 g/mol. The smallest absolute Gasteiger partial charge is 0.123 e. The summed E-state index contributed by atoms with van der Waals surface area (Å²) in [5.41, 5.74) is 1.18. The van der Waals surface area contributed by atoms with E-state index in [1.165, 1.54) is 5.56 Å². The number of rotatable bonds is 2. The minimum atomic E-state index is 0.264. The Kier molecular flexibility index (Phi) is 3.01. The van der Waals surface area contributed by atoms with Crippen molar-refractivity contribution < 1.29 is 9.47 Å². The summed E-state index contributed by atoms with van der Waals surface area (Å²) in [5, 5.41) is 3.41. The third-order valence-corrected chi connectivity index (χ3v) is 2.44. The molecule has 3 heteroatoms. The van der Waals surface area contributed by atoms with Crippen LogP contribution in [0.15, 0.2) is 24.3 Å². The molecule has 3 nitrogen and oxygen atoms in total. The van der Waals surface area contributed by atoms with Crippen molar-refractivity contribution in [2.75, 3.05) is 26.9 Å². The number of hydrogen-bond donors (Lipinski definition) is 1. The van der Waals surface area contributed by atoms with Gasteiger partial charge in [0.1, 0.15) is 5.75 Å². The third-order valence-electron chi connectivity index (χ3n) is 2.44. The molecule has 0 saturated carbocycles. The molecule has 1 fully saturated rings. The topological polar surface area (TPSA) is 30.5 Å². The second kappa shape index (κ2) is 4.44. The first-order chi connectivity index (χ1) is 6.92. The van der Waals surface area contributed by atoms with Crippen LogP contribution in [0.2, 0.25) is 0 Å². The van der Waals surface area contributed by atoms with Gasteiger partial charge >= 0.3 is 0 Å². The van der Waals surface area contributed by atoms with Gasteiger partial charge in [0.25, 0.3) is 0 Å². The largest absolute Gasteiger partial charge is 0.496 e. The van der Waals surface area contributed by atoms with Crippen LogP contribution in [0.3, 0.4) is 0 Å². The number of nitrogens with one attached hydrogen (secondary N) is 1. The maximum Gasteiger partial charge on any atom is 0.123 e. The highest BCUT2D eigenvalue weighted by Crippen LogP contribution is 2.25. The van der Waals surface area contributed by atoms with E-state index >= 15 is 0 Å². The van der Waals surface area contributed by atoms with Crippen molar-refractivity contribution in [2.24, 2.45) is 0 Å². The number of morpholine rings is 1. The molecule has 1 aromatic rings. The molecule has 1 heterocycles. The highest BCUT2D eigenvalue weighted by molar-refractivity contribution is 5.36. The van der Waals surface area contributed by atoms with E-state index in [1.54, 1.807) is 7.11 Å². The van der Waals surface area contributed by atoms with Crippen molar-refractivity contribution in [1.29, 1.82) is 0 Å². The minimum Gasteiger partial charge on any atom is -0.496 e. The summed E-state index contributed by atoms with van der Waals surface area (Å²) in [6.07, 6.45) is 0. The molecule has 0 bridgehead atoms. The van der Waals surface area contributed by atoms with Gasteiger partial charge in [0.15, 0.2) is 0 Å². The van der Waals surface area contributed by atoms with Gasteiger partial charge in [0.05, 0.1) is 26.4 Å². The fourth-order valence-corrected chi connectivity index (χ4v) is 1.72. The van der Waals surface area contributed by atoms with Gasteiger partial charge in [-0.3, -0.25) is 0 Å². The highest BCUT2D eigenvalue weighted by atomic mass is 16.5. The molecule has 0 radical (unpaired) electrons. The van der Waals surface area contributed by atoms with E-state index in [4.69, 9.17) is 9.47 Å². The SMILES string of the molecule is COc1ccccc1[C@@H]1COCCN1. The van der Waals surface area contributed by atoms with Gasteiger partial charge in [-0.05, 0) is 6.07 Å². The van der Waals surface area contributed by atoms with Crippen LogP contribution in [0.5, 0.6) is 5.75 Å². The predicted molar refractivity (Wildman–Crippen MR) is 54.6 cm³/mol. The second-order valence-electron chi connectivity index (χ2n) is 3.32. The van der Waals surface area contributed by atoms with Crippen molar-refractivity contribution >= 4 is 0 Å². The first-order valence-corrected chi connectivity index (χ1v) is 4.86. The third kappa shape index (κ3) is 1.89. The quantitative estimate of drug-likeness (QED) is 0.769. The Hall–Kier alpha value is -1.06. The van der Waals surface area contributed by atoms with E-state index in [-0.39, 0.29) is 6.04 Å². The predicted octanol–water partition coefficient (Wildman–Crippen LogP) is 1.36. The van der Waals surface area contributed by atoms with E-state index in [0.717, 1.165) is 25.5 Å². The fourth-order valence-electron chi connectivity index (χ4n) is 1.72. The van der Waals surface area contributed by atoms with Gasteiger partial charge in [0, 0.05) is 12.1 Å². The average molecular weight is 193 g/mol. The molecule has 1 N–H and O–H groups in total. The number of para-hydroxylation sites is 1. The van der Waals surface area contributed by atoms with Crippen LogP contribution in [-0.2, 0) is 4.74 Å². The summed E-state index contributed by atoms with van der Waals surface area (Å²) in [7, 11) is 1.70. The molecule has 0 amide bonds. The zero-order valence-electron chi connectivity index (χ0n) is 8.32. The van der Waals surface area contributed by atoms with Crippen molar-refractivity contribution in [3.05, 3.63) is 29.8 Å². The normalized spacial score (nSPS) is 21.9. The van der Waals surface area contributed by atoms with E-state index in [0.29, 0.717) is 0 Å². The van der Waals surface area contributed by atoms with Gasteiger partial charge < -0.3 is 14.8 Å². The lowest BCUT2D eigenvalue weighted by atomic mass is 10.1. The molecule has 2 rings (SSSR count). The standard InChI is InChI=1S/C11H15NO2/c1-13-11-5-3-2-4-9(11)10-8-14-7-6-12-10/h2-5,10,12H,6-8H2,1H3/t10-/m0/s1. The number of ether oxygens (including phenoxy) is 2. The number of benzene rings is 1. The van der Waals surface area contributed by atoms with Crippen molar-refractivity contribution in [2.45, 2.75) is 6.04 Å². The van der Waals surface area contributed by atoms with Crippen LogP contribution >= 0.6 is 0 Å². The van der Waals surface area contributed by atoms with Gasteiger partial charge in [-0.15, -0.1) is 0 Å². The molecule has 1 atom stereocenters. The summed E-state index contributed by atoms with van der Waals surface area (Å²) in [5.74, 6) is 0.926. The Morgan fingerprint density at radius 2 is 2.29 bits per heavy atom. The van der Waals surface area contributed by atoms with E-state index in [9.17, 15) is 0 Å². The van der Waals surface area contributed by atoms with Gasteiger partial charge in [0.2, 0.25) is 0 Å². The maximum atomic E-state index is 5.42. The van der Waals surface area contributed by atoms with Crippen LogP contribution in [-0.4, -0.2) is 26.9 Å². The van der Waals surface area contributed by atoms with Crippen molar-refractivity contribution in [3.8, 4) is 5.75 Å². The zero-order valence-corrected chi connectivity index (χ0v) is 8.32. The molecule has 14 heavy (non-hydrogen) atoms.